The van der Waals surface area contributed by atoms with Gasteiger partial charge in [-0.2, -0.15) is 0 Å². The minimum atomic E-state index is -0.296. The molecule has 0 unspecified atom stereocenters. The van der Waals surface area contributed by atoms with E-state index in [1.807, 2.05) is 36.4 Å². The maximum atomic E-state index is 13.0. The van der Waals surface area contributed by atoms with E-state index < -0.39 is 0 Å². The first-order chi connectivity index (χ1) is 18.1. The fraction of sp³-hybridized carbons (Fsp3) is 0.241. The van der Waals surface area contributed by atoms with Crippen molar-refractivity contribution in [3.8, 4) is 11.5 Å². The summed E-state index contributed by atoms with van der Waals surface area (Å²) in [6, 6.07) is 20.6. The largest absolute Gasteiger partial charge is 0.493 e. The second-order valence-electron chi connectivity index (χ2n) is 9.03. The second-order valence-corrected chi connectivity index (χ2v) is 9.03. The summed E-state index contributed by atoms with van der Waals surface area (Å²) in [5.74, 6) is 0.951. The summed E-state index contributed by atoms with van der Waals surface area (Å²) in [5, 5.41) is 6.83. The summed E-state index contributed by atoms with van der Waals surface area (Å²) in [6.07, 6.45) is 0.909. The van der Waals surface area contributed by atoms with Crippen LogP contribution in [0.5, 0.6) is 11.5 Å². The zero-order valence-electron chi connectivity index (χ0n) is 21.0. The van der Waals surface area contributed by atoms with Crippen LogP contribution in [0.25, 0.3) is 10.9 Å². The van der Waals surface area contributed by atoms with E-state index in [1.165, 1.54) is 11.1 Å². The smallest absolute Gasteiger partial charge is 0.272 e. The Kier molecular flexibility index (Phi) is 7.09. The third-order valence-electron chi connectivity index (χ3n) is 6.71. The molecule has 0 atom stereocenters. The van der Waals surface area contributed by atoms with Gasteiger partial charge in [0, 0.05) is 37.1 Å². The van der Waals surface area contributed by atoms with E-state index in [0.717, 1.165) is 41.9 Å². The highest BCUT2D eigenvalue weighted by Crippen LogP contribution is 2.33. The van der Waals surface area contributed by atoms with Crippen molar-refractivity contribution in [3.05, 3.63) is 89.1 Å². The highest BCUT2D eigenvalue weighted by Gasteiger charge is 2.20. The van der Waals surface area contributed by atoms with Crippen molar-refractivity contribution in [1.82, 2.24) is 15.2 Å². The Balaban J connectivity index is 1.19. The van der Waals surface area contributed by atoms with Crippen molar-refractivity contribution in [1.29, 1.82) is 0 Å². The average molecular weight is 499 g/mol. The normalized spacial score (nSPS) is 13.1. The number of para-hydroxylation sites is 2. The molecule has 3 N–H and O–H groups in total. The molecule has 1 aliphatic rings. The van der Waals surface area contributed by atoms with Crippen molar-refractivity contribution in [2.24, 2.45) is 0 Å². The maximum absolute atomic E-state index is 13.0. The number of methoxy groups -OCH3 is 2. The predicted octanol–water partition coefficient (Wildman–Crippen LogP) is 4.23. The first-order valence-corrected chi connectivity index (χ1v) is 12.3. The van der Waals surface area contributed by atoms with Crippen LogP contribution in [0.4, 0.5) is 5.69 Å². The van der Waals surface area contributed by atoms with Crippen LogP contribution in [0.15, 0.2) is 66.7 Å². The summed E-state index contributed by atoms with van der Waals surface area (Å²) in [4.78, 5) is 31.3. The molecule has 1 aromatic heterocycles. The third-order valence-corrected chi connectivity index (χ3v) is 6.71. The molecular formula is C29H30N4O4. The minimum Gasteiger partial charge on any atom is -0.493 e. The number of H-pyrrole nitrogens is 1. The summed E-state index contributed by atoms with van der Waals surface area (Å²) >= 11 is 0. The number of fused-ring (bicyclic) bond motifs is 2. The lowest BCUT2D eigenvalue weighted by Gasteiger charge is -2.29. The lowest BCUT2D eigenvalue weighted by Crippen LogP contribution is -2.38. The molecule has 0 aliphatic carbocycles. The summed E-state index contributed by atoms with van der Waals surface area (Å²) in [6.45, 7) is 2.88. The number of nitrogens with one attached hydrogen (secondary N) is 3. The van der Waals surface area contributed by atoms with Gasteiger partial charge < -0.3 is 25.1 Å². The van der Waals surface area contributed by atoms with Crippen molar-refractivity contribution < 1.29 is 19.1 Å². The van der Waals surface area contributed by atoms with Gasteiger partial charge in [0.2, 0.25) is 0 Å². The molecule has 2 heterocycles. The highest BCUT2D eigenvalue weighted by molar-refractivity contribution is 6.09. The minimum absolute atomic E-state index is 0.226. The van der Waals surface area contributed by atoms with E-state index in [0.29, 0.717) is 30.0 Å². The molecule has 0 spiro atoms. The van der Waals surface area contributed by atoms with Gasteiger partial charge in [-0.3, -0.25) is 14.5 Å². The lowest BCUT2D eigenvalue weighted by molar-refractivity contribution is 0.0948. The number of hydrogen-bond donors (Lipinski definition) is 3. The van der Waals surface area contributed by atoms with Gasteiger partial charge in [0.15, 0.2) is 11.5 Å². The van der Waals surface area contributed by atoms with Crippen LogP contribution in [0.3, 0.4) is 0 Å². The fourth-order valence-corrected chi connectivity index (χ4v) is 4.73. The Morgan fingerprint density at radius 3 is 2.43 bits per heavy atom. The standard InChI is InChI=1S/C29H30N4O4/c1-36-26-16-19-11-13-33(18-21(19)17-27(26)37-2)14-12-30-28(34)22-8-4-6-10-24(22)32-29(35)25-15-20-7-3-5-9-23(20)31-25/h3-10,15-17,31H,11-14,18H2,1-2H3,(H,30,34)(H,32,35). The average Bonchev–Trinajstić information content (AvgIpc) is 3.37. The molecule has 190 valence electrons. The van der Waals surface area contributed by atoms with Gasteiger partial charge in [0.25, 0.3) is 11.8 Å². The second kappa shape index (κ2) is 10.8. The molecule has 0 fully saturated rings. The number of aromatic nitrogens is 1. The Morgan fingerprint density at radius 2 is 1.65 bits per heavy atom. The number of benzene rings is 3. The van der Waals surface area contributed by atoms with Gasteiger partial charge in [-0.05, 0) is 53.9 Å². The Labute approximate surface area is 215 Å². The Hall–Kier alpha value is -4.30. The molecule has 0 bridgehead atoms. The molecule has 8 heteroatoms. The molecule has 2 amide bonds. The number of amides is 2. The Morgan fingerprint density at radius 1 is 0.919 bits per heavy atom. The van der Waals surface area contributed by atoms with Crippen LogP contribution < -0.4 is 20.1 Å². The molecule has 3 aromatic carbocycles. The van der Waals surface area contributed by atoms with Crippen LogP contribution >= 0.6 is 0 Å². The van der Waals surface area contributed by atoms with Gasteiger partial charge >= 0.3 is 0 Å². The van der Waals surface area contributed by atoms with Gasteiger partial charge in [-0.15, -0.1) is 0 Å². The number of hydrogen-bond acceptors (Lipinski definition) is 5. The van der Waals surface area contributed by atoms with Crippen molar-refractivity contribution >= 4 is 28.4 Å². The third kappa shape index (κ3) is 5.29. The molecule has 8 nitrogen and oxygen atoms in total. The molecule has 0 radical (unpaired) electrons. The molecule has 37 heavy (non-hydrogen) atoms. The van der Waals surface area contributed by atoms with Crippen LogP contribution in [0.1, 0.15) is 32.0 Å². The number of anilines is 1. The van der Waals surface area contributed by atoms with Crippen LogP contribution in [0.2, 0.25) is 0 Å². The number of nitrogens with zero attached hydrogens (tertiary/aromatic N) is 1. The monoisotopic (exact) mass is 498 g/mol. The topological polar surface area (TPSA) is 95.7 Å². The Bertz CT molecular complexity index is 1410. The van der Waals surface area contributed by atoms with E-state index in [2.05, 4.69) is 20.5 Å². The number of rotatable bonds is 8. The lowest BCUT2D eigenvalue weighted by atomic mass is 9.99. The van der Waals surface area contributed by atoms with Gasteiger partial charge in [0.05, 0.1) is 25.5 Å². The van der Waals surface area contributed by atoms with E-state index in [-0.39, 0.29) is 11.8 Å². The predicted molar refractivity (Wildman–Crippen MR) is 144 cm³/mol. The van der Waals surface area contributed by atoms with Crippen molar-refractivity contribution in [2.45, 2.75) is 13.0 Å². The van der Waals surface area contributed by atoms with Crippen LogP contribution in [-0.2, 0) is 13.0 Å². The van der Waals surface area contributed by atoms with Gasteiger partial charge in [-0.25, -0.2) is 0 Å². The molecule has 0 saturated carbocycles. The first kappa shape index (κ1) is 24.4. The quantitative estimate of drug-likeness (QED) is 0.338. The van der Waals surface area contributed by atoms with Crippen molar-refractivity contribution in [2.75, 3.05) is 39.2 Å². The summed E-state index contributed by atoms with van der Waals surface area (Å²) in [7, 11) is 3.29. The van der Waals surface area contributed by atoms with E-state index in [1.54, 1.807) is 44.6 Å². The molecule has 0 saturated heterocycles. The zero-order valence-corrected chi connectivity index (χ0v) is 21.0. The fourth-order valence-electron chi connectivity index (χ4n) is 4.73. The van der Waals surface area contributed by atoms with Gasteiger partial charge in [-0.1, -0.05) is 30.3 Å². The summed E-state index contributed by atoms with van der Waals surface area (Å²) < 4.78 is 10.9. The van der Waals surface area contributed by atoms with Crippen LogP contribution in [-0.4, -0.2) is 55.6 Å². The molecular weight excluding hydrogens is 468 g/mol. The maximum Gasteiger partial charge on any atom is 0.272 e. The molecule has 4 aromatic rings. The zero-order chi connectivity index (χ0) is 25.8. The summed E-state index contributed by atoms with van der Waals surface area (Å²) in [5.41, 5.74) is 4.69. The van der Waals surface area contributed by atoms with Crippen molar-refractivity contribution in [3.63, 3.8) is 0 Å². The van der Waals surface area contributed by atoms with Gasteiger partial charge in [0.1, 0.15) is 5.69 Å². The first-order valence-electron chi connectivity index (χ1n) is 12.3. The highest BCUT2D eigenvalue weighted by atomic mass is 16.5. The van der Waals surface area contributed by atoms with E-state index in [4.69, 9.17) is 9.47 Å². The SMILES string of the molecule is COc1cc2c(cc1OC)CN(CCNC(=O)c1ccccc1NC(=O)c1cc3ccccc3[nH]1)CC2. The number of carbonyl (C=O) groups is 2. The number of carbonyl (C=O) groups excluding carboxylic acids is 2. The number of ether oxygens (including phenoxy) is 2. The molecule has 5 rings (SSSR count). The van der Waals surface area contributed by atoms with E-state index >= 15 is 0 Å². The molecule has 1 aliphatic heterocycles. The number of aromatic amines is 1. The van der Waals surface area contributed by atoms with Crippen LogP contribution in [0, 0.1) is 0 Å². The van der Waals surface area contributed by atoms with E-state index in [9.17, 15) is 9.59 Å².